The smallest absolute Gasteiger partial charge is 0.241 e. The topological polar surface area (TPSA) is 61.9 Å². The monoisotopic (exact) mass is 401 g/mol. The zero-order valence-electron chi connectivity index (χ0n) is 16.7. The summed E-state index contributed by atoms with van der Waals surface area (Å²) >= 11 is 0. The first kappa shape index (κ1) is 19.5. The summed E-state index contributed by atoms with van der Waals surface area (Å²) < 4.78 is 5.82. The van der Waals surface area contributed by atoms with Crippen molar-refractivity contribution < 1.29 is 14.3 Å². The highest BCUT2D eigenvalue weighted by atomic mass is 16.5. The highest BCUT2D eigenvalue weighted by molar-refractivity contribution is 5.97. The van der Waals surface area contributed by atoms with E-state index in [0.29, 0.717) is 18.0 Å². The van der Waals surface area contributed by atoms with Gasteiger partial charge in [-0.05, 0) is 36.4 Å². The van der Waals surface area contributed by atoms with Gasteiger partial charge in [0.2, 0.25) is 11.8 Å². The summed E-state index contributed by atoms with van der Waals surface area (Å²) in [4.78, 5) is 25.3. The van der Waals surface area contributed by atoms with Gasteiger partial charge >= 0.3 is 0 Å². The zero-order chi connectivity index (χ0) is 20.9. The van der Waals surface area contributed by atoms with Crippen LogP contribution in [0.2, 0.25) is 0 Å². The lowest BCUT2D eigenvalue weighted by molar-refractivity contribution is -0.128. The maximum Gasteiger partial charge on any atom is 0.241 e. The molecule has 1 fully saturated rings. The molecule has 1 heterocycles. The minimum Gasteiger partial charge on any atom is -0.457 e. The van der Waals surface area contributed by atoms with Crippen LogP contribution in [-0.2, 0) is 9.59 Å². The maximum absolute atomic E-state index is 12.8. The molecule has 1 unspecified atom stereocenters. The third kappa shape index (κ3) is 4.43. The van der Waals surface area contributed by atoms with Crippen LogP contribution in [0.3, 0.4) is 0 Å². The fourth-order valence-corrected chi connectivity index (χ4v) is 3.45. The Bertz CT molecular complexity index is 1020. The lowest BCUT2D eigenvalue weighted by Gasteiger charge is -2.30. The van der Waals surface area contributed by atoms with Crippen molar-refractivity contribution in [2.45, 2.75) is 6.42 Å². The Balaban J connectivity index is 1.40. The van der Waals surface area contributed by atoms with Crippen molar-refractivity contribution >= 4 is 23.2 Å². The van der Waals surface area contributed by atoms with Crippen molar-refractivity contribution in [3.05, 3.63) is 84.9 Å². The molecule has 3 aromatic rings. The average molecular weight is 401 g/mol. The molecule has 0 spiro atoms. The summed E-state index contributed by atoms with van der Waals surface area (Å²) in [6.07, 6.45) is 0.184. The largest absolute Gasteiger partial charge is 0.457 e. The predicted octanol–water partition coefficient (Wildman–Crippen LogP) is 4.32. The maximum atomic E-state index is 12.8. The minimum atomic E-state index is -0.414. The summed E-state index contributed by atoms with van der Waals surface area (Å²) in [6, 6.07) is 26.3. The quantitative estimate of drug-likeness (QED) is 0.668. The van der Waals surface area contributed by atoms with Crippen LogP contribution in [0.15, 0.2) is 84.9 Å². The van der Waals surface area contributed by atoms with Crippen molar-refractivity contribution in [2.75, 3.05) is 23.9 Å². The summed E-state index contributed by atoms with van der Waals surface area (Å²) in [7, 11) is 1.83. The number of nitrogens with one attached hydrogen (secondary N) is 1. The predicted molar refractivity (Wildman–Crippen MR) is 116 cm³/mol. The molecule has 1 saturated heterocycles. The van der Waals surface area contributed by atoms with Crippen LogP contribution in [0.5, 0.6) is 11.5 Å². The van der Waals surface area contributed by atoms with Gasteiger partial charge in [0, 0.05) is 25.2 Å². The second-order valence-corrected chi connectivity index (χ2v) is 7.17. The van der Waals surface area contributed by atoms with Crippen molar-refractivity contribution in [3.63, 3.8) is 0 Å². The van der Waals surface area contributed by atoms with E-state index in [1.54, 1.807) is 22.2 Å². The Labute approximate surface area is 175 Å². The highest BCUT2D eigenvalue weighted by Gasteiger charge is 2.36. The molecule has 2 amide bonds. The van der Waals surface area contributed by atoms with Crippen LogP contribution in [-0.4, -0.2) is 30.4 Å². The Kier molecular flexibility index (Phi) is 5.66. The number of para-hydroxylation sites is 2. The second kappa shape index (κ2) is 8.69. The van der Waals surface area contributed by atoms with Crippen molar-refractivity contribution in [1.29, 1.82) is 0 Å². The Morgan fingerprint density at radius 2 is 1.63 bits per heavy atom. The second-order valence-electron chi connectivity index (χ2n) is 7.17. The Morgan fingerprint density at radius 3 is 2.37 bits per heavy atom. The molecule has 1 aliphatic heterocycles. The van der Waals surface area contributed by atoms with Crippen LogP contribution in [0, 0.1) is 5.92 Å². The van der Waals surface area contributed by atoms with Crippen LogP contribution in [0.4, 0.5) is 11.4 Å². The number of rotatable bonds is 6. The number of carbonyl (C=O) groups excluding carboxylic acids is 2. The molecule has 4 rings (SSSR count). The van der Waals surface area contributed by atoms with Gasteiger partial charge in [-0.1, -0.05) is 42.5 Å². The van der Waals surface area contributed by atoms with E-state index in [2.05, 4.69) is 5.32 Å². The van der Waals surface area contributed by atoms with Crippen molar-refractivity contribution in [3.8, 4) is 11.5 Å². The molecule has 0 saturated carbocycles. The lowest BCUT2D eigenvalue weighted by atomic mass is 10.1. The zero-order valence-corrected chi connectivity index (χ0v) is 16.7. The van der Waals surface area contributed by atoms with E-state index < -0.39 is 5.92 Å². The third-order valence-corrected chi connectivity index (χ3v) is 5.05. The molecule has 1 atom stereocenters. The average Bonchev–Trinajstić information content (AvgIpc) is 3.16. The van der Waals surface area contributed by atoms with Gasteiger partial charge in [0.25, 0.3) is 0 Å². The van der Waals surface area contributed by atoms with Gasteiger partial charge < -0.3 is 10.1 Å². The molecule has 0 aliphatic carbocycles. The molecule has 0 aromatic heterocycles. The number of hydrazine groups is 1. The molecule has 1 aliphatic rings. The number of amides is 2. The van der Waals surface area contributed by atoms with E-state index in [-0.39, 0.29) is 18.2 Å². The van der Waals surface area contributed by atoms with Crippen molar-refractivity contribution in [2.24, 2.45) is 5.92 Å². The molecule has 6 heteroatoms. The Morgan fingerprint density at radius 1 is 0.967 bits per heavy atom. The van der Waals surface area contributed by atoms with Gasteiger partial charge in [-0.15, -0.1) is 0 Å². The molecule has 0 bridgehead atoms. The summed E-state index contributed by atoms with van der Waals surface area (Å²) in [5.41, 5.74) is 1.54. The molecular formula is C24H23N3O3. The first-order chi connectivity index (χ1) is 14.6. The molecule has 0 radical (unpaired) electrons. The molecule has 1 N–H and O–H groups in total. The first-order valence-corrected chi connectivity index (χ1v) is 9.83. The van der Waals surface area contributed by atoms with E-state index >= 15 is 0 Å². The number of anilines is 2. The van der Waals surface area contributed by atoms with E-state index in [1.807, 2.05) is 79.8 Å². The normalized spacial score (nSPS) is 15.7. The Hall–Kier alpha value is -3.80. The summed E-state index contributed by atoms with van der Waals surface area (Å²) in [5.74, 6) is 0.697. The van der Waals surface area contributed by atoms with Gasteiger partial charge in [-0.3, -0.25) is 19.6 Å². The van der Waals surface area contributed by atoms with Gasteiger partial charge in [0.15, 0.2) is 0 Å². The first-order valence-electron chi connectivity index (χ1n) is 9.83. The molecule has 3 aromatic carbocycles. The van der Waals surface area contributed by atoms with E-state index in [1.165, 1.54) is 0 Å². The van der Waals surface area contributed by atoms with E-state index in [4.69, 9.17) is 4.74 Å². The van der Waals surface area contributed by atoms with Gasteiger partial charge in [0.05, 0.1) is 18.2 Å². The molecule has 152 valence electrons. The van der Waals surface area contributed by atoms with Crippen LogP contribution >= 0.6 is 0 Å². The molecule has 6 nitrogen and oxygen atoms in total. The summed E-state index contributed by atoms with van der Waals surface area (Å²) in [5, 5.41) is 6.33. The fraction of sp³-hybridized carbons (Fsp3) is 0.167. The van der Waals surface area contributed by atoms with Crippen LogP contribution < -0.4 is 15.1 Å². The van der Waals surface area contributed by atoms with Crippen molar-refractivity contribution in [1.82, 2.24) is 5.01 Å². The van der Waals surface area contributed by atoms with E-state index in [0.717, 1.165) is 11.4 Å². The van der Waals surface area contributed by atoms with Gasteiger partial charge in [0.1, 0.15) is 11.5 Å². The minimum absolute atomic E-state index is 0.0670. The number of hydrogen-bond donors (Lipinski definition) is 1. The lowest BCUT2D eigenvalue weighted by Crippen LogP contribution is -2.41. The molecular weight excluding hydrogens is 378 g/mol. The van der Waals surface area contributed by atoms with Crippen LogP contribution in [0.25, 0.3) is 0 Å². The molecule has 30 heavy (non-hydrogen) atoms. The standard InChI is InChI=1S/C24H23N3O3/c1-26(20-10-4-2-5-11-20)27-17-18(15-23(27)28)24(29)25-19-9-8-14-22(16-19)30-21-12-6-3-7-13-21/h2-14,16,18H,15,17H2,1H3,(H,25,29). The number of nitrogens with zero attached hydrogens (tertiary/aromatic N) is 2. The third-order valence-electron chi connectivity index (χ3n) is 5.05. The number of carbonyl (C=O) groups is 2. The summed E-state index contributed by atoms with van der Waals surface area (Å²) in [6.45, 7) is 0.344. The van der Waals surface area contributed by atoms with Gasteiger partial charge in [-0.2, -0.15) is 0 Å². The SMILES string of the molecule is CN(c1ccccc1)N1CC(C(=O)Nc2cccc(Oc3ccccc3)c2)CC1=O. The number of ether oxygens (including phenoxy) is 1. The number of benzene rings is 3. The van der Waals surface area contributed by atoms with Gasteiger partial charge in [-0.25, -0.2) is 0 Å². The fourth-order valence-electron chi connectivity index (χ4n) is 3.45. The highest BCUT2D eigenvalue weighted by Crippen LogP contribution is 2.27. The van der Waals surface area contributed by atoms with Crippen LogP contribution in [0.1, 0.15) is 6.42 Å². The van der Waals surface area contributed by atoms with E-state index in [9.17, 15) is 9.59 Å². The number of hydrogen-bond acceptors (Lipinski definition) is 4.